The summed E-state index contributed by atoms with van der Waals surface area (Å²) in [6.07, 6.45) is 0. The summed E-state index contributed by atoms with van der Waals surface area (Å²) in [5.74, 6) is -1.19. The molecule has 0 saturated carbocycles. The lowest BCUT2D eigenvalue weighted by Crippen LogP contribution is -2.13. The van der Waals surface area contributed by atoms with E-state index in [1.165, 1.54) is 12.1 Å². The maximum Gasteiger partial charge on any atom is 0.260 e. The second-order valence-corrected chi connectivity index (χ2v) is 4.39. The second kappa shape index (κ2) is 4.62. The number of carbonyl (C=O) groups is 1. The van der Waals surface area contributed by atoms with Gasteiger partial charge in [0.2, 0.25) is 5.13 Å². The Kier molecular flexibility index (Phi) is 3.20. The number of aromatic nitrogens is 3. The summed E-state index contributed by atoms with van der Waals surface area (Å²) in [7, 11) is 0. The van der Waals surface area contributed by atoms with Gasteiger partial charge in [0.1, 0.15) is 5.82 Å². The quantitative estimate of drug-likeness (QED) is 0.922. The molecule has 1 amide bonds. The Morgan fingerprint density at radius 2 is 2.31 bits per heavy atom. The number of hydrogen-bond donors (Lipinski definition) is 1. The zero-order chi connectivity index (χ0) is 11.5. The van der Waals surface area contributed by atoms with Gasteiger partial charge in [0.15, 0.2) is 0 Å². The first-order valence-electron chi connectivity index (χ1n) is 4.08. The maximum absolute atomic E-state index is 13.4. The predicted octanol–water partition coefficient (Wildman–Crippen LogP) is 2.09. The minimum Gasteiger partial charge on any atom is -0.295 e. The highest BCUT2D eigenvalue weighted by molar-refractivity contribution is 9.10. The van der Waals surface area contributed by atoms with Crippen LogP contribution < -0.4 is 5.32 Å². The molecule has 0 atom stereocenters. The smallest absolute Gasteiger partial charge is 0.260 e. The normalized spacial score (nSPS) is 10.1. The van der Waals surface area contributed by atoms with E-state index in [9.17, 15) is 9.18 Å². The third kappa shape index (κ3) is 2.39. The van der Waals surface area contributed by atoms with Gasteiger partial charge in [-0.25, -0.2) is 4.39 Å². The molecule has 0 unspecified atom stereocenters. The molecule has 0 fully saturated rings. The van der Waals surface area contributed by atoms with Crippen LogP contribution in [-0.4, -0.2) is 20.7 Å². The molecule has 1 N–H and O–H groups in total. The molecule has 0 aliphatic heterocycles. The van der Waals surface area contributed by atoms with Crippen LogP contribution in [0.1, 0.15) is 10.4 Å². The van der Waals surface area contributed by atoms with Gasteiger partial charge in [0.25, 0.3) is 5.91 Å². The van der Waals surface area contributed by atoms with Gasteiger partial charge in [-0.2, -0.15) is 0 Å². The average Bonchev–Trinajstić information content (AvgIpc) is 2.70. The van der Waals surface area contributed by atoms with Crippen LogP contribution in [0.15, 0.2) is 22.7 Å². The number of nitrogens with one attached hydrogen (secondary N) is 1. The van der Waals surface area contributed by atoms with Gasteiger partial charge in [-0.3, -0.25) is 10.1 Å². The number of anilines is 1. The van der Waals surface area contributed by atoms with Crippen LogP contribution >= 0.6 is 27.5 Å². The molecule has 0 bridgehead atoms. The van der Waals surface area contributed by atoms with Crippen molar-refractivity contribution in [1.82, 2.24) is 14.8 Å². The fourth-order valence-electron chi connectivity index (χ4n) is 1.02. The van der Waals surface area contributed by atoms with Gasteiger partial charge >= 0.3 is 0 Å². The monoisotopic (exact) mass is 302 g/mol. The summed E-state index contributed by atoms with van der Waals surface area (Å²) in [5, 5.41) is 9.45. The summed E-state index contributed by atoms with van der Waals surface area (Å²) >= 11 is 4.02. The summed E-state index contributed by atoms with van der Waals surface area (Å²) in [4.78, 5) is 11.6. The van der Waals surface area contributed by atoms with E-state index in [0.717, 1.165) is 11.5 Å². The standard InChI is InChI=1S/C8H4BrFN4OS/c9-4-1-2-5(6(10)3-4)7(15)11-8-12-13-14-16-8/h1-3H,(H,11,12,14,15). The number of amides is 1. The number of nitrogens with zero attached hydrogens (tertiary/aromatic N) is 3. The third-order valence-corrected chi connectivity index (χ3v) is 2.70. The van der Waals surface area contributed by atoms with E-state index in [-0.39, 0.29) is 10.7 Å². The minimum absolute atomic E-state index is 0.0570. The number of carbonyl (C=O) groups excluding carboxylic acids is 1. The Balaban J connectivity index is 2.21. The Morgan fingerprint density at radius 1 is 1.50 bits per heavy atom. The topological polar surface area (TPSA) is 67.8 Å². The molecule has 5 nitrogen and oxygen atoms in total. The van der Waals surface area contributed by atoms with Crippen molar-refractivity contribution in [1.29, 1.82) is 0 Å². The van der Waals surface area contributed by atoms with Crippen molar-refractivity contribution >= 4 is 38.5 Å². The molecule has 1 aromatic carbocycles. The summed E-state index contributed by atoms with van der Waals surface area (Å²) in [6.45, 7) is 0. The largest absolute Gasteiger partial charge is 0.295 e. The molecular weight excluding hydrogens is 299 g/mol. The van der Waals surface area contributed by atoms with Crippen LogP contribution in [0.4, 0.5) is 9.52 Å². The van der Waals surface area contributed by atoms with Crippen LogP contribution in [0.3, 0.4) is 0 Å². The number of benzene rings is 1. The highest BCUT2D eigenvalue weighted by Gasteiger charge is 2.13. The van der Waals surface area contributed by atoms with Crippen molar-refractivity contribution in [3.63, 3.8) is 0 Å². The molecular formula is C8H4BrFN4OS. The molecule has 1 aromatic heterocycles. The summed E-state index contributed by atoms with van der Waals surface area (Å²) in [5.41, 5.74) is -0.0570. The van der Waals surface area contributed by atoms with E-state index in [2.05, 4.69) is 36.0 Å². The van der Waals surface area contributed by atoms with Crippen LogP contribution in [0.25, 0.3) is 0 Å². The SMILES string of the molecule is O=C(Nc1nnns1)c1ccc(Br)cc1F. The van der Waals surface area contributed by atoms with Crippen molar-refractivity contribution in [2.75, 3.05) is 5.32 Å². The van der Waals surface area contributed by atoms with Gasteiger partial charge in [0, 0.05) is 16.0 Å². The van der Waals surface area contributed by atoms with Gasteiger partial charge < -0.3 is 0 Å². The Bertz CT molecular complexity index is 519. The van der Waals surface area contributed by atoms with E-state index < -0.39 is 11.7 Å². The fraction of sp³-hybridized carbons (Fsp3) is 0. The molecule has 8 heteroatoms. The van der Waals surface area contributed by atoms with Crippen molar-refractivity contribution in [2.45, 2.75) is 0 Å². The lowest BCUT2D eigenvalue weighted by atomic mass is 10.2. The zero-order valence-electron chi connectivity index (χ0n) is 7.65. The molecule has 1 heterocycles. The highest BCUT2D eigenvalue weighted by Crippen LogP contribution is 2.16. The fourth-order valence-corrected chi connectivity index (χ4v) is 1.71. The molecule has 2 aromatic rings. The van der Waals surface area contributed by atoms with Crippen molar-refractivity contribution in [3.8, 4) is 0 Å². The highest BCUT2D eigenvalue weighted by atomic mass is 79.9. The second-order valence-electron chi connectivity index (χ2n) is 2.75. The Labute approximate surface area is 102 Å². The Hall–Kier alpha value is -1.41. The Morgan fingerprint density at radius 3 is 2.94 bits per heavy atom. The van der Waals surface area contributed by atoms with Crippen LogP contribution in [0.2, 0.25) is 0 Å². The lowest BCUT2D eigenvalue weighted by Gasteiger charge is -2.02. The van der Waals surface area contributed by atoms with E-state index >= 15 is 0 Å². The van der Waals surface area contributed by atoms with Crippen molar-refractivity contribution in [2.24, 2.45) is 0 Å². The zero-order valence-corrected chi connectivity index (χ0v) is 10.0. The molecule has 0 aliphatic rings. The maximum atomic E-state index is 13.4. The molecule has 0 radical (unpaired) electrons. The van der Waals surface area contributed by atoms with Gasteiger partial charge in [-0.1, -0.05) is 25.5 Å². The molecule has 2 rings (SSSR count). The van der Waals surface area contributed by atoms with Crippen LogP contribution in [-0.2, 0) is 0 Å². The first-order valence-corrected chi connectivity index (χ1v) is 5.65. The number of rotatable bonds is 2. The van der Waals surface area contributed by atoms with Crippen LogP contribution in [0, 0.1) is 5.82 Å². The summed E-state index contributed by atoms with van der Waals surface area (Å²) in [6, 6.07) is 4.17. The molecule has 0 saturated heterocycles. The van der Waals surface area contributed by atoms with Crippen molar-refractivity contribution < 1.29 is 9.18 Å². The van der Waals surface area contributed by atoms with Crippen LogP contribution in [0.5, 0.6) is 0 Å². The molecule has 0 spiro atoms. The van der Waals surface area contributed by atoms with Crippen molar-refractivity contribution in [3.05, 3.63) is 34.1 Å². The molecule has 82 valence electrons. The molecule has 0 aliphatic carbocycles. The molecule has 16 heavy (non-hydrogen) atoms. The van der Waals surface area contributed by atoms with E-state index in [1.54, 1.807) is 6.07 Å². The third-order valence-electron chi connectivity index (χ3n) is 1.70. The van der Waals surface area contributed by atoms with Gasteiger partial charge in [-0.05, 0) is 23.4 Å². The lowest BCUT2D eigenvalue weighted by molar-refractivity contribution is 0.102. The summed E-state index contributed by atoms with van der Waals surface area (Å²) < 4.78 is 17.4. The number of halogens is 2. The van der Waals surface area contributed by atoms with E-state index in [4.69, 9.17) is 0 Å². The minimum atomic E-state index is -0.607. The average molecular weight is 303 g/mol. The number of hydrogen-bond acceptors (Lipinski definition) is 5. The first kappa shape index (κ1) is 11.1. The predicted molar refractivity (Wildman–Crippen MR) is 59.8 cm³/mol. The first-order chi connectivity index (χ1) is 7.66. The van der Waals surface area contributed by atoms with Gasteiger partial charge in [0.05, 0.1) is 5.56 Å². The van der Waals surface area contributed by atoms with Gasteiger partial charge in [-0.15, -0.1) is 0 Å². The van der Waals surface area contributed by atoms with E-state index in [0.29, 0.717) is 4.47 Å². The van der Waals surface area contributed by atoms with E-state index in [1.807, 2.05) is 0 Å².